The molecule has 0 fully saturated rings. The van der Waals surface area contributed by atoms with Crippen molar-refractivity contribution in [2.75, 3.05) is 6.61 Å². The number of aliphatic hydroxyl groups excluding tert-OH is 1. The maximum absolute atomic E-state index is 12.0. The zero-order chi connectivity index (χ0) is 16.7. The summed E-state index contributed by atoms with van der Waals surface area (Å²) in [6, 6.07) is -0.558. The Morgan fingerprint density at radius 3 is 2.59 bits per heavy atom. The summed E-state index contributed by atoms with van der Waals surface area (Å²) in [4.78, 5) is 12.0. The summed E-state index contributed by atoms with van der Waals surface area (Å²) in [5.74, 6) is -0.341. The molecule has 0 heterocycles. The Hall–Kier alpha value is -0.950. The van der Waals surface area contributed by atoms with E-state index in [1.165, 1.54) is 0 Å². The average molecular weight is 314 g/mol. The van der Waals surface area contributed by atoms with E-state index in [-0.39, 0.29) is 30.3 Å². The molecule has 0 aliphatic heterocycles. The van der Waals surface area contributed by atoms with Crippen molar-refractivity contribution in [3.63, 3.8) is 0 Å². The van der Waals surface area contributed by atoms with Crippen LogP contribution in [0.4, 0.5) is 0 Å². The normalized spacial score (nSPS) is 26.7. The van der Waals surface area contributed by atoms with E-state index in [0.29, 0.717) is 18.6 Å². The summed E-state index contributed by atoms with van der Waals surface area (Å²) in [5.41, 5.74) is 6.75. The van der Waals surface area contributed by atoms with Crippen LogP contribution < -0.4 is 11.1 Å². The minimum atomic E-state index is -0.693. The molecular weight excluding hydrogens is 284 g/mol. The van der Waals surface area contributed by atoms with Crippen molar-refractivity contribution in [2.24, 2.45) is 5.73 Å². The van der Waals surface area contributed by atoms with E-state index in [2.05, 4.69) is 19.2 Å². The number of nitrogens with one attached hydrogen (secondary N) is 1. The van der Waals surface area contributed by atoms with Crippen molar-refractivity contribution in [1.82, 2.24) is 5.32 Å². The van der Waals surface area contributed by atoms with Crippen LogP contribution in [0.3, 0.4) is 0 Å². The molecule has 4 N–H and O–H groups in total. The molecule has 6 nitrogen and oxygen atoms in total. The van der Waals surface area contributed by atoms with Gasteiger partial charge >= 0.3 is 5.97 Å². The fourth-order valence-electron chi connectivity index (χ4n) is 2.69. The fourth-order valence-corrected chi connectivity index (χ4v) is 2.69. The van der Waals surface area contributed by atoms with E-state index < -0.39 is 6.23 Å². The van der Waals surface area contributed by atoms with E-state index in [1.807, 2.05) is 0 Å². The monoisotopic (exact) mass is 314 g/mol. The second-order valence-electron chi connectivity index (χ2n) is 5.69. The number of hydrogen-bond donors (Lipinski definition) is 3. The number of ether oxygens (including phenoxy) is 2. The highest BCUT2D eigenvalue weighted by atomic mass is 16.5. The Kier molecular flexibility index (Phi) is 8.03. The molecule has 22 heavy (non-hydrogen) atoms. The van der Waals surface area contributed by atoms with Crippen molar-refractivity contribution >= 4 is 5.97 Å². The van der Waals surface area contributed by atoms with Gasteiger partial charge in [0.2, 0.25) is 0 Å². The molecule has 0 aromatic heterocycles. The molecule has 0 aromatic rings. The third-order valence-electron chi connectivity index (χ3n) is 3.87. The number of aliphatic hydroxyl groups is 1. The molecule has 0 spiro atoms. The van der Waals surface area contributed by atoms with E-state index in [0.717, 1.165) is 12.8 Å². The number of carbonyl (C=O) groups excluding carboxylic acids is 1. The first kappa shape index (κ1) is 19.1. The summed E-state index contributed by atoms with van der Waals surface area (Å²) in [6.07, 6.45) is 3.00. The maximum atomic E-state index is 12.0. The summed E-state index contributed by atoms with van der Waals surface area (Å²) in [5, 5.41) is 12.6. The van der Waals surface area contributed by atoms with Crippen LogP contribution in [-0.4, -0.2) is 48.2 Å². The Bertz CT molecular complexity index is 380. The van der Waals surface area contributed by atoms with Gasteiger partial charge in [-0.2, -0.15) is 0 Å². The van der Waals surface area contributed by atoms with Crippen LogP contribution >= 0.6 is 0 Å². The zero-order valence-corrected chi connectivity index (χ0v) is 14.0. The highest BCUT2D eigenvalue weighted by molar-refractivity contribution is 5.89. The van der Waals surface area contributed by atoms with Crippen molar-refractivity contribution < 1.29 is 19.4 Å². The van der Waals surface area contributed by atoms with E-state index in [1.54, 1.807) is 19.9 Å². The van der Waals surface area contributed by atoms with E-state index in [9.17, 15) is 9.90 Å². The Labute approximate surface area is 133 Å². The molecular formula is C16H30N2O4. The van der Waals surface area contributed by atoms with Crippen LogP contribution in [0, 0.1) is 0 Å². The SMILES string of the molecule is CCOC(=O)C1=C[C@@H](OC(CC)CC)[C@H](NC(C)O)[C@@H](N)C1. The van der Waals surface area contributed by atoms with Gasteiger partial charge in [0, 0.05) is 11.6 Å². The number of carbonyl (C=O) groups is 1. The summed E-state index contributed by atoms with van der Waals surface area (Å²) < 4.78 is 11.2. The Morgan fingerprint density at radius 1 is 1.45 bits per heavy atom. The lowest BCUT2D eigenvalue weighted by Gasteiger charge is -2.37. The topological polar surface area (TPSA) is 93.8 Å². The highest BCUT2D eigenvalue weighted by Crippen LogP contribution is 2.24. The van der Waals surface area contributed by atoms with E-state index >= 15 is 0 Å². The third-order valence-corrected chi connectivity index (χ3v) is 3.87. The van der Waals surface area contributed by atoms with Crippen LogP contribution in [0.1, 0.15) is 47.0 Å². The molecule has 1 rings (SSSR count). The summed E-state index contributed by atoms with van der Waals surface area (Å²) >= 11 is 0. The second kappa shape index (κ2) is 9.25. The first-order valence-electron chi connectivity index (χ1n) is 8.15. The minimum absolute atomic E-state index is 0.0910. The van der Waals surface area contributed by atoms with Gasteiger partial charge in [0.15, 0.2) is 0 Å². The van der Waals surface area contributed by atoms with Crippen molar-refractivity contribution in [3.8, 4) is 0 Å². The molecule has 1 unspecified atom stereocenters. The van der Waals surface area contributed by atoms with Gasteiger partial charge in [0.05, 0.1) is 24.9 Å². The van der Waals surface area contributed by atoms with Gasteiger partial charge in [-0.1, -0.05) is 13.8 Å². The number of rotatable bonds is 8. The van der Waals surface area contributed by atoms with Crippen molar-refractivity contribution in [2.45, 2.75) is 77.5 Å². The fraction of sp³-hybridized carbons (Fsp3) is 0.812. The van der Waals surface area contributed by atoms with Gasteiger partial charge in [-0.25, -0.2) is 4.79 Å². The molecule has 6 heteroatoms. The van der Waals surface area contributed by atoms with E-state index in [4.69, 9.17) is 15.2 Å². The first-order valence-corrected chi connectivity index (χ1v) is 8.15. The van der Waals surface area contributed by atoms with Gasteiger partial charge in [0.1, 0.15) is 6.23 Å². The van der Waals surface area contributed by atoms with Crippen LogP contribution in [0.5, 0.6) is 0 Å². The molecule has 0 saturated heterocycles. The third kappa shape index (κ3) is 5.35. The first-order chi connectivity index (χ1) is 10.4. The quantitative estimate of drug-likeness (QED) is 0.458. The van der Waals surface area contributed by atoms with Gasteiger partial charge in [-0.3, -0.25) is 5.32 Å². The zero-order valence-electron chi connectivity index (χ0n) is 14.0. The molecule has 1 aliphatic carbocycles. The minimum Gasteiger partial charge on any atom is -0.463 e. The molecule has 0 radical (unpaired) electrons. The molecule has 0 aromatic carbocycles. The standard InChI is InChI=1S/C16H30N2O4/c1-5-12(6-2)22-14-9-11(16(20)21-7-3)8-13(17)15(14)18-10(4)19/h9-10,12-15,18-19H,5-8,17H2,1-4H3/t10?,13-,14+,15+/m0/s1. The van der Waals surface area contributed by atoms with Gasteiger partial charge < -0.3 is 20.3 Å². The predicted molar refractivity (Wildman–Crippen MR) is 85.2 cm³/mol. The Morgan fingerprint density at radius 2 is 2.09 bits per heavy atom. The van der Waals surface area contributed by atoms with Crippen LogP contribution in [-0.2, 0) is 14.3 Å². The number of nitrogens with two attached hydrogens (primary N) is 1. The van der Waals surface area contributed by atoms with Crippen LogP contribution in [0.25, 0.3) is 0 Å². The molecule has 0 amide bonds. The molecule has 0 bridgehead atoms. The smallest absolute Gasteiger partial charge is 0.333 e. The Balaban J connectivity index is 2.96. The number of esters is 1. The largest absolute Gasteiger partial charge is 0.463 e. The highest BCUT2D eigenvalue weighted by Gasteiger charge is 2.35. The second-order valence-corrected chi connectivity index (χ2v) is 5.69. The van der Waals surface area contributed by atoms with Crippen LogP contribution in [0.2, 0.25) is 0 Å². The maximum Gasteiger partial charge on any atom is 0.333 e. The molecule has 0 saturated carbocycles. The van der Waals surface area contributed by atoms with Crippen molar-refractivity contribution in [1.29, 1.82) is 0 Å². The lowest BCUT2D eigenvalue weighted by molar-refractivity contribution is -0.139. The number of hydrogen-bond acceptors (Lipinski definition) is 6. The predicted octanol–water partition coefficient (Wildman–Crippen LogP) is 1.08. The summed E-state index contributed by atoms with van der Waals surface area (Å²) in [7, 11) is 0. The lowest BCUT2D eigenvalue weighted by atomic mass is 9.88. The van der Waals surface area contributed by atoms with Crippen LogP contribution in [0.15, 0.2) is 11.6 Å². The molecule has 4 atom stereocenters. The van der Waals surface area contributed by atoms with Gasteiger partial charge in [-0.05, 0) is 39.2 Å². The van der Waals surface area contributed by atoms with Crippen molar-refractivity contribution in [3.05, 3.63) is 11.6 Å². The van der Waals surface area contributed by atoms with Gasteiger partial charge in [0.25, 0.3) is 0 Å². The van der Waals surface area contributed by atoms with Gasteiger partial charge in [-0.15, -0.1) is 0 Å². The molecule has 1 aliphatic rings. The molecule has 128 valence electrons. The lowest BCUT2D eigenvalue weighted by Crippen LogP contribution is -2.58. The average Bonchev–Trinajstić information content (AvgIpc) is 2.47. The summed E-state index contributed by atoms with van der Waals surface area (Å²) in [6.45, 7) is 7.87.